The van der Waals surface area contributed by atoms with Crippen molar-refractivity contribution in [1.29, 1.82) is 0 Å². The van der Waals surface area contributed by atoms with Crippen LogP contribution in [-0.4, -0.2) is 17.5 Å². The molecule has 0 radical (unpaired) electrons. The summed E-state index contributed by atoms with van der Waals surface area (Å²) in [6.07, 6.45) is 3.72. The van der Waals surface area contributed by atoms with E-state index in [1.807, 2.05) is 12.1 Å². The molecule has 0 saturated carbocycles. The van der Waals surface area contributed by atoms with Crippen molar-refractivity contribution in [2.75, 3.05) is 6.54 Å². The van der Waals surface area contributed by atoms with Gasteiger partial charge in [-0.15, -0.1) is 0 Å². The maximum absolute atomic E-state index is 13.4. The molecule has 0 aliphatic heterocycles. The van der Waals surface area contributed by atoms with Crippen molar-refractivity contribution in [3.63, 3.8) is 0 Å². The number of hydrogen-bond acceptors (Lipinski definition) is 2. The topological polar surface area (TPSA) is 29.3 Å². The van der Waals surface area contributed by atoms with Crippen LogP contribution in [0.3, 0.4) is 0 Å². The van der Waals surface area contributed by atoms with Gasteiger partial charge < -0.3 is 5.73 Å². The maximum atomic E-state index is 13.4. The van der Waals surface area contributed by atoms with E-state index in [1.54, 1.807) is 0 Å². The van der Waals surface area contributed by atoms with E-state index in [4.69, 9.17) is 5.73 Å². The number of nitrogens with zero attached hydrogens (tertiary/aromatic N) is 1. The van der Waals surface area contributed by atoms with Crippen molar-refractivity contribution in [2.24, 2.45) is 5.73 Å². The quantitative estimate of drug-likeness (QED) is 0.727. The van der Waals surface area contributed by atoms with E-state index >= 15 is 0 Å². The molecule has 1 rings (SSSR count). The Labute approximate surface area is 116 Å². The SMILES string of the molecule is CCCCCN(Cc1ccc(F)c(CN)c1)C(C)C. The fourth-order valence-corrected chi connectivity index (χ4v) is 2.20. The summed E-state index contributed by atoms with van der Waals surface area (Å²) in [5.41, 5.74) is 7.31. The average Bonchev–Trinajstić information content (AvgIpc) is 2.39. The van der Waals surface area contributed by atoms with Crippen LogP contribution >= 0.6 is 0 Å². The highest BCUT2D eigenvalue weighted by molar-refractivity contribution is 5.25. The first-order valence-corrected chi connectivity index (χ1v) is 7.29. The molecule has 1 aromatic rings. The molecule has 0 unspecified atom stereocenters. The number of rotatable bonds is 8. The second-order valence-corrected chi connectivity index (χ2v) is 5.40. The molecule has 0 spiro atoms. The van der Waals surface area contributed by atoms with Gasteiger partial charge in [-0.05, 0) is 38.4 Å². The smallest absolute Gasteiger partial charge is 0.127 e. The third-order valence-corrected chi connectivity index (χ3v) is 3.49. The van der Waals surface area contributed by atoms with Crippen LogP contribution in [0.1, 0.15) is 51.2 Å². The summed E-state index contributed by atoms with van der Waals surface area (Å²) < 4.78 is 13.4. The van der Waals surface area contributed by atoms with Crippen LogP contribution in [0.15, 0.2) is 18.2 Å². The largest absolute Gasteiger partial charge is 0.326 e. The zero-order valence-electron chi connectivity index (χ0n) is 12.5. The standard InChI is InChI=1S/C16H27FN2/c1-4-5-6-9-19(13(2)3)12-14-7-8-16(17)15(10-14)11-18/h7-8,10,13H,4-6,9,11-12,18H2,1-3H3. The summed E-state index contributed by atoms with van der Waals surface area (Å²) in [5.74, 6) is -0.201. The highest BCUT2D eigenvalue weighted by atomic mass is 19.1. The van der Waals surface area contributed by atoms with Gasteiger partial charge in [0.2, 0.25) is 0 Å². The van der Waals surface area contributed by atoms with Gasteiger partial charge in [-0.2, -0.15) is 0 Å². The second-order valence-electron chi connectivity index (χ2n) is 5.40. The van der Waals surface area contributed by atoms with Crippen molar-refractivity contribution in [3.8, 4) is 0 Å². The highest BCUT2D eigenvalue weighted by Crippen LogP contribution is 2.14. The van der Waals surface area contributed by atoms with Crippen LogP contribution in [0, 0.1) is 5.82 Å². The third-order valence-electron chi connectivity index (χ3n) is 3.49. The molecule has 108 valence electrons. The normalized spacial score (nSPS) is 11.5. The van der Waals surface area contributed by atoms with Crippen molar-refractivity contribution in [1.82, 2.24) is 4.90 Å². The summed E-state index contributed by atoms with van der Waals surface area (Å²) in [4.78, 5) is 2.43. The number of unbranched alkanes of at least 4 members (excludes halogenated alkanes) is 2. The average molecular weight is 266 g/mol. The molecule has 0 aromatic heterocycles. The van der Waals surface area contributed by atoms with Crippen molar-refractivity contribution >= 4 is 0 Å². The first-order chi connectivity index (χ1) is 9.08. The Morgan fingerprint density at radius 2 is 2.00 bits per heavy atom. The summed E-state index contributed by atoms with van der Waals surface area (Å²) in [5, 5.41) is 0. The van der Waals surface area contributed by atoms with E-state index in [-0.39, 0.29) is 12.4 Å². The van der Waals surface area contributed by atoms with Crippen LogP contribution in [0.4, 0.5) is 4.39 Å². The second kappa shape index (κ2) is 8.28. The number of hydrogen-bond donors (Lipinski definition) is 1. The Morgan fingerprint density at radius 1 is 1.26 bits per heavy atom. The summed E-state index contributed by atoms with van der Waals surface area (Å²) in [7, 11) is 0. The summed E-state index contributed by atoms with van der Waals surface area (Å²) >= 11 is 0. The first-order valence-electron chi connectivity index (χ1n) is 7.29. The Hall–Kier alpha value is -0.930. The van der Waals surface area contributed by atoms with Gasteiger partial charge in [0.05, 0.1) is 0 Å². The minimum absolute atomic E-state index is 0.201. The van der Waals surface area contributed by atoms with Gasteiger partial charge >= 0.3 is 0 Å². The van der Waals surface area contributed by atoms with Gasteiger partial charge in [0.15, 0.2) is 0 Å². The molecular weight excluding hydrogens is 239 g/mol. The van der Waals surface area contributed by atoms with Crippen LogP contribution in [-0.2, 0) is 13.1 Å². The Morgan fingerprint density at radius 3 is 2.58 bits per heavy atom. The van der Waals surface area contributed by atoms with E-state index in [1.165, 1.54) is 25.3 Å². The first kappa shape index (κ1) is 16.1. The van der Waals surface area contributed by atoms with Crippen LogP contribution in [0.2, 0.25) is 0 Å². The predicted molar refractivity (Wildman–Crippen MR) is 79.4 cm³/mol. The molecule has 0 amide bonds. The fourth-order valence-electron chi connectivity index (χ4n) is 2.20. The Kier molecular flexibility index (Phi) is 7.03. The third kappa shape index (κ3) is 5.29. The number of benzene rings is 1. The van der Waals surface area contributed by atoms with Gasteiger partial charge in [0.1, 0.15) is 5.82 Å². The Balaban J connectivity index is 2.67. The van der Waals surface area contributed by atoms with Gasteiger partial charge in [-0.25, -0.2) is 4.39 Å². The summed E-state index contributed by atoms with van der Waals surface area (Å²) in [6.45, 7) is 8.86. The van der Waals surface area contributed by atoms with Crippen molar-refractivity contribution in [3.05, 3.63) is 35.1 Å². The Bertz CT molecular complexity index is 377. The van der Waals surface area contributed by atoms with Gasteiger partial charge in [-0.3, -0.25) is 4.90 Å². The monoisotopic (exact) mass is 266 g/mol. The molecular formula is C16H27FN2. The number of halogens is 1. The fraction of sp³-hybridized carbons (Fsp3) is 0.625. The zero-order valence-corrected chi connectivity index (χ0v) is 12.5. The van der Waals surface area contributed by atoms with Gasteiger partial charge in [0, 0.05) is 24.7 Å². The molecule has 0 aliphatic rings. The van der Waals surface area contributed by atoms with Gasteiger partial charge in [-0.1, -0.05) is 31.9 Å². The van der Waals surface area contributed by atoms with Crippen molar-refractivity contribution in [2.45, 2.75) is 59.2 Å². The minimum Gasteiger partial charge on any atom is -0.326 e. The van der Waals surface area contributed by atoms with Gasteiger partial charge in [0.25, 0.3) is 0 Å². The van der Waals surface area contributed by atoms with E-state index in [9.17, 15) is 4.39 Å². The predicted octanol–water partition coefficient (Wildman–Crippen LogP) is 3.69. The van der Waals surface area contributed by atoms with Crippen molar-refractivity contribution < 1.29 is 4.39 Å². The zero-order chi connectivity index (χ0) is 14.3. The molecule has 2 N–H and O–H groups in total. The van der Waals surface area contributed by atoms with E-state index in [2.05, 4.69) is 25.7 Å². The molecule has 3 heteroatoms. The van der Waals surface area contributed by atoms with Crippen LogP contribution < -0.4 is 5.73 Å². The molecule has 0 saturated heterocycles. The van der Waals surface area contributed by atoms with E-state index in [0.717, 1.165) is 18.7 Å². The molecule has 0 bridgehead atoms. The van der Waals surface area contributed by atoms with E-state index in [0.29, 0.717) is 11.6 Å². The molecule has 19 heavy (non-hydrogen) atoms. The maximum Gasteiger partial charge on any atom is 0.127 e. The molecule has 0 aliphatic carbocycles. The minimum atomic E-state index is -0.201. The lowest BCUT2D eigenvalue weighted by atomic mass is 10.1. The molecule has 1 aromatic carbocycles. The molecule has 0 atom stereocenters. The van der Waals surface area contributed by atoms with Crippen LogP contribution in [0.25, 0.3) is 0 Å². The highest BCUT2D eigenvalue weighted by Gasteiger charge is 2.11. The van der Waals surface area contributed by atoms with E-state index < -0.39 is 0 Å². The molecule has 0 heterocycles. The number of nitrogens with two attached hydrogens (primary N) is 1. The van der Waals surface area contributed by atoms with Crippen LogP contribution in [0.5, 0.6) is 0 Å². The lowest BCUT2D eigenvalue weighted by Crippen LogP contribution is -2.31. The lowest BCUT2D eigenvalue weighted by Gasteiger charge is -2.26. The molecule has 0 fully saturated rings. The lowest BCUT2D eigenvalue weighted by molar-refractivity contribution is 0.208. The summed E-state index contributed by atoms with van der Waals surface area (Å²) in [6, 6.07) is 5.79. The molecule has 2 nitrogen and oxygen atoms in total.